The molecule has 0 aliphatic carbocycles. The van der Waals surface area contributed by atoms with Gasteiger partial charge in [0.05, 0.1) is 6.21 Å². The Kier molecular flexibility index (Phi) is 6.21. The van der Waals surface area contributed by atoms with Gasteiger partial charge in [0.15, 0.2) is 6.61 Å². The van der Waals surface area contributed by atoms with Gasteiger partial charge in [-0.1, -0.05) is 65.8 Å². The van der Waals surface area contributed by atoms with Crippen molar-refractivity contribution in [3.8, 4) is 0 Å². The van der Waals surface area contributed by atoms with E-state index in [-0.39, 0.29) is 12.4 Å². The smallest absolute Gasteiger partial charge is 0.204 e. The quantitative estimate of drug-likeness (QED) is 0.335. The van der Waals surface area contributed by atoms with Crippen molar-refractivity contribution in [3.05, 3.63) is 94.8 Å². The molecular weight excluding hydrogens is 336 g/mol. The molecule has 0 saturated carbocycles. The lowest BCUT2D eigenvalue weighted by atomic mass is 10.1. The van der Waals surface area contributed by atoms with E-state index in [0.29, 0.717) is 5.56 Å². The van der Waals surface area contributed by atoms with E-state index in [1.54, 1.807) is 6.21 Å². The molecule has 0 aliphatic heterocycles. The number of Topliss-reactive ketones (excluding diaryl/α,β-unsaturated/α-hetero) is 1. The largest absolute Gasteiger partial charge is 0.387 e. The lowest BCUT2D eigenvalue weighted by molar-refractivity contribution is 0.0778. The van der Waals surface area contributed by atoms with Crippen molar-refractivity contribution in [1.29, 1.82) is 0 Å². The number of aryl methyl sites for hydroxylation is 2. The second kappa shape index (κ2) is 8.99. The van der Waals surface area contributed by atoms with E-state index < -0.39 is 0 Å². The maximum atomic E-state index is 12.5. The first kappa shape index (κ1) is 18.6. The third-order valence-electron chi connectivity index (χ3n) is 4.61. The number of carbonyl (C=O) groups excluding carboxylic acids is 1. The van der Waals surface area contributed by atoms with E-state index in [2.05, 4.69) is 21.9 Å². The average molecular weight is 360 g/mol. The van der Waals surface area contributed by atoms with Crippen LogP contribution in [-0.4, -0.2) is 23.2 Å². The maximum absolute atomic E-state index is 12.5. The number of aromatic nitrogens is 1. The van der Waals surface area contributed by atoms with E-state index in [4.69, 9.17) is 4.84 Å². The Hall–Kier alpha value is -3.14. The summed E-state index contributed by atoms with van der Waals surface area (Å²) >= 11 is 0. The minimum atomic E-state index is -0.0632. The van der Waals surface area contributed by atoms with Crippen molar-refractivity contribution >= 4 is 12.0 Å². The Morgan fingerprint density at radius 3 is 2.41 bits per heavy atom. The summed E-state index contributed by atoms with van der Waals surface area (Å²) in [5.41, 5.74) is 4.99. The highest BCUT2D eigenvalue weighted by Crippen LogP contribution is 2.17. The summed E-state index contributed by atoms with van der Waals surface area (Å²) in [6, 6.07) is 21.9. The van der Waals surface area contributed by atoms with Crippen LogP contribution in [0.2, 0.25) is 0 Å². The molecule has 2 aromatic carbocycles. The Balaban J connectivity index is 1.59. The van der Waals surface area contributed by atoms with Crippen LogP contribution in [0.5, 0.6) is 0 Å². The van der Waals surface area contributed by atoms with Gasteiger partial charge in [0.2, 0.25) is 5.78 Å². The zero-order chi connectivity index (χ0) is 19.1. The fourth-order valence-corrected chi connectivity index (χ4v) is 3.12. The molecule has 4 heteroatoms. The lowest BCUT2D eigenvalue weighted by Gasteiger charge is -2.10. The first-order chi connectivity index (χ1) is 13.1. The van der Waals surface area contributed by atoms with E-state index in [0.717, 1.165) is 29.9 Å². The molecule has 3 rings (SSSR count). The fraction of sp³-hybridized carbons (Fsp3) is 0.217. The first-order valence-corrected chi connectivity index (χ1v) is 9.09. The van der Waals surface area contributed by atoms with Gasteiger partial charge in [-0.2, -0.15) is 0 Å². The monoisotopic (exact) mass is 360 g/mol. The Morgan fingerprint density at radius 2 is 1.70 bits per heavy atom. The number of ketones is 1. The summed E-state index contributed by atoms with van der Waals surface area (Å²) in [6.07, 6.45) is 2.54. The highest BCUT2D eigenvalue weighted by atomic mass is 16.6. The number of hydrogen-bond acceptors (Lipinski definition) is 3. The summed E-state index contributed by atoms with van der Waals surface area (Å²) in [4.78, 5) is 17.7. The molecule has 27 heavy (non-hydrogen) atoms. The average Bonchev–Trinajstić information content (AvgIpc) is 2.99. The molecule has 0 aliphatic rings. The molecule has 138 valence electrons. The predicted octanol–water partition coefficient (Wildman–Crippen LogP) is 4.58. The predicted molar refractivity (Wildman–Crippen MR) is 108 cm³/mol. The highest BCUT2D eigenvalue weighted by Gasteiger charge is 2.16. The van der Waals surface area contributed by atoms with Crippen molar-refractivity contribution in [3.63, 3.8) is 0 Å². The fourth-order valence-electron chi connectivity index (χ4n) is 3.12. The summed E-state index contributed by atoms with van der Waals surface area (Å²) in [7, 11) is 0. The first-order valence-electron chi connectivity index (χ1n) is 9.09. The van der Waals surface area contributed by atoms with Gasteiger partial charge in [0, 0.05) is 23.5 Å². The Morgan fingerprint density at radius 1 is 1.04 bits per heavy atom. The molecule has 0 spiro atoms. The highest BCUT2D eigenvalue weighted by molar-refractivity contribution is 5.98. The summed E-state index contributed by atoms with van der Waals surface area (Å²) < 4.78 is 2.19. The molecule has 0 fully saturated rings. The minimum Gasteiger partial charge on any atom is -0.387 e. The van der Waals surface area contributed by atoms with Crippen LogP contribution in [0.1, 0.15) is 32.9 Å². The molecule has 0 radical (unpaired) electrons. The summed E-state index contributed by atoms with van der Waals surface area (Å²) in [5.74, 6) is -0.0562. The van der Waals surface area contributed by atoms with Gasteiger partial charge < -0.3 is 9.40 Å². The van der Waals surface area contributed by atoms with E-state index in [1.807, 2.05) is 68.4 Å². The maximum Gasteiger partial charge on any atom is 0.204 e. The van der Waals surface area contributed by atoms with E-state index in [1.165, 1.54) is 5.56 Å². The second-order valence-electron chi connectivity index (χ2n) is 6.51. The van der Waals surface area contributed by atoms with E-state index >= 15 is 0 Å². The van der Waals surface area contributed by atoms with Crippen molar-refractivity contribution in [2.24, 2.45) is 5.16 Å². The van der Waals surface area contributed by atoms with Crippen LogP contribution < -0.4 is 0 Å². The number of benzene rings is 2. The van der Waals surface area contributed by atoms with Gasteiger partial charge in [0.25, 0.3) is 0 Å². The van der Waals surface area contributed by atoms with Crippen LogP contribution in [0, 0.1) is 13.8 Å². The molecule has 0 unspecified atom stereocenters. The lowest BCUT2D eigenvalue weighted by Crippen LogP contribution is -2.10. The van der Waals surface area contributed by atoms with Gasteiger partial charge >= 0.3 is 0 Å². The molecular formula is C23H24N2O2. The van der Waals surface area contributed by atoms with Crippen LogP contribution in [0.4, 0.5) is 0 Å². The van der Waals surface area contributed by atoms with E-state index in [9.17, 15) is 4.79 Å². The zero-order valence-corrected chi connectivity index (χ0v) is 15.8. The molecule has 0 N–H and O–H groups in total. The van der Waals surface area contributed by atoms with Gasteiger partial charge in [-0.15, -0.1) is 0 Å². The Labute approximate surface area is 160 Å². The SMILES string of the molecule is Cc1cc(C(=O)CO/N=C\c2ccccc2)c(C)n1CCc1ccccc1. The summed E-state index contributed by atoms with van der Waals surface area (Å²) in [6.45, 7) is 4.80. The van der Waals surface area contributed by atoms with Gasteiger partial charge in [-0.25, -0.2) is 0 Å². The molecule has 0 saturated heterocycles. The number of nitrogens with zero attached hydrogens (tertiary/aromatic N) is 2. The number of carbonyl (C=O) groups is 1. The molecule has 1 heterocycles. The molecule has 0 amide bonds. The number of rotatable bonds is 8. The second-order valence-corrected chi connectivity index (χ2v) is 6.51. The van der Waals surface area contributed by atoms with Crippen LogP contribution >= 0.6 is 0 Å². The number of oxime groups is 1. The topological polar surface area (TPSA) is 43.6 Å². The normalized spacial score (nSPS) is 11.0. The van der Waals surface area contributed by atoms with Crippen molar-refractivity contribution < 1.29 is 9.63 Å². The molecule has 4 nitrogen and oxygen atoms in total. The molecule has 0 atom stereocenters. The van der Waals surface area contributed by atoms with Crippen molar-refractivity contribution in [2.75, 3.05) is 6.61 Å². The molecule has 1 aromatic heterocycles. The van der Waals surface area contributed by atoms with Crippen molar-refractivity contribution in [1.82, 2.24) is 4.57 Å². The van der Waals surface area contributed by atoms with Crippen LogP contribution in [0.25, 0.3) is 0 Å². The Bertz CT molecular complexity index is 912. The number of hydrogen-bond donors (Lipinski definition) is 0. The van der Waals surface area contributed by atoms with Crippen LogP contribution in [-0.2, 0) is 17.8 Å². The summed E-state index contributed by atoms with van der Waals surface area (Å²) in [5, 5.41) is 3.89. The molecule has 3 aromatic rings. The van der Waals surface area contributed by atoms with Crippen LogP contribution in [0.15, 0.2) is 71.9 Å². The van der Waals surface area contributed by atoms with Gasteiger partial charge in [0.1, 0.15) is 0 Å². The molecule has 0 bridgehead atoms. The van der Waals surface area contributed by atoms with Crippen LogP contribution in [0.3, 0.4) is 0 Å². The third-order valence-corrected chi connectivity index (χ3v) is 4.61. The van der Waals surface area contributed by atoms with Gasteiger partial charge in [-0.3, -0.25) is 4.79 Å². The van der Waals surface area contributed by atoms with Crippen molar-refractivity contribution in [2.45, 2.75) is 26.8 Å². The van der Waals surface area contributed by atoms with Gasteiger partial charge in [-0.05, 0) is 37.5 Å². The zero-order valence-electron chi connectivity index (χ0n) is 15.8. The standard InChI is InChI=1S/C23H24N2O2/c1-18-15-22(19(2)25(18)14-13-20-9-5-3-6-10-20)23(26)17-27-24-16-21-11-7-4-8-12-21/h3-12,15-16H,13-14,17H2,1-2H3/b24-16-. The minimum absolute atomic E-state index is 0.0562. The third kappa shape index (κ3) is 4.94.